The minimum atomic E-state index is -4.21. The summed E-state index contributed by atoms with van der Waals surface area (Å²) in [6.07, 6.45) is -0.690. The predicted octanol–water partition coefficient (Wildman–Crippen LogP) is -1.10. The second kappa shape index (κ2) is 5.39. The van der Waals surface area contributed by atoms with Crippen LogP contribution in [-0.4, -0.2) is 33.5 Å². The molecular formula is C3H8NO7P2+. The Morgan fingerprint density at radius 1 is 1.54 bits per heavy atom. The van der Waals surface area contributed by atoms with Gasteiger partial charge in [-0.1, -0.05) is 0 Å². The highest BCUT2D eigenvalue weighted by Crippen LogP contribution is 2.31. The fraction of sp³-hybridized carbons (Fsp3) is 0.667. The maximum absolute atomic E-state index is 10.5. The van der Waals surface area contributed by atoms with Crippen LogP contribution in [0.15, 0.2) is 0 Å². The molecule has 0 aliphatic carbocycles. The Kier molecular flexibility index (Phi) is 5.24. The molecule has 0 aromatic rings. The van der Waals surface area contributed by atoms with Gasteiger partial charge in [0.1, 0.15) is 6.54 Å². The summed E-state index contributed by atoms with van der Waals surface area (Å²) in [6.45, 7) is -0.535. The molecule has 76 valence electrons. The Bertz CT molecular complexity index is 246. The average Bonchev–Trinajstić information content (AvgIpc) is 1.81. The van der Waals surface area contributed by atoms with E-state index in [4.69, 9.17) is 14.7 Å². The van der Waals surface area contributed by atoms with Gasteiger partial charge < -0.3 is 9.79 Å². The third-order valence-electron chi connectivity index (χ3n) is 0.767. The van der Waals surface area contributed by atoms with Crippen LogP contribution in [0.2, 0.25) is 0 Å². The van der Waals surface area contributed by atoms with Gasteiger partial charge in [-0.05, 0) is 0 Å². The van der Waals surface area contributed by atoms with E-state index in [-0.39, 0.29) is 0 Å². The third kappa shape index (κ3) is 9.55. The SMILES string of the molecule is O=C(CNCP(=O)(O)O)O[P+](=O)O. The molecule has 0 aromatic heterocycles. The van der Waals surface area contributed by atoms with Crippen LogP contribution < -0.4 is 5.32 Å². The molecule has 1 unspecified atom stereocenters. The van der Waals surface area contributed by atoms with Gasteiger partial charge in [-0.25, -0.2) is 4.79 Å². The van der Waals surface area contributed by atoms with Crippen molar-refractivity contribution in [1.29, 1.82) is 0 Å². The van der Waals surface area contributed by atoms with Crippen LogP contribution >= 0.6 is 15.9 Å². The zero-order chi connectivity index (χ0) is 10.5. The Hall–Kier alpha value is -0.360. The highest BCUT2D eigenvalue weighted by atomic mass is 31.2. The third-order valence-corrected chi connectivity index (χ3v) is 1.76. The number of hydrogen-bond donors (Lipinski definition) is 4. The molecule has 0 saturated heterocycles. The minimum absolute atomic E-state index is 0.535. The fourth-order valence-electron chi connectivity index (χ4n) is 0.423. The summed E-state index contributed by atoms with van der Waals surface area (Å²) in [5, 5.41) is 2.05. The lowest BCUT2D eigenvalue weighted by Gasteiger charge is -2.02. The van der Waals surface area contributed by atoms with Crippen molar-refractivity contribution in [3.8, 4) is 0 Å². The second-order valence-electron chi connectivity index (χ2n) is 1.95. The Morgan fingerprint density at radius 2 is 2.08 bits per heavy atom. The van der Waals surface area contributed by atoms with Crippen LogP contribution in [0.5, 0.6) is 0 Å². The molecule has 10 heteroatoms. The molecular weight excluding hydrogens is 224 g/mol. The number of carbonyl (C=O) groups excluding carboxylic acids is 1. The summed E-state index contributed by atoms with van der Waals surface area (Å²) in [4.78, 5) is 35.1. The molecule has 0 bridgehead atoms. The van der Waals surface area contributed by atoms with Crippen molar-refractivity contribution in [2.75, 3.05) is 12.8 Å². The van der Waals surface area contributed by atoms with Crippen LogP contribution in [0.4, 0.5) is 0 Å². The quantitative estimate of drug-likeness (QED) is 0.439. The second-order valence-corrected chi connectivity index (χ2v) is 4.25. The highest BCUT2D eigenvalue weighted by molar-refractivity contribution is 7.51. The zero-order valence-corrected chi connectivity index (χ0v) is 8.07. The van der Waals surface area contributed by atoms with Crippen molar-refractivity contribution in [2.45, 2.75) is 0 Å². The minimum Gasteiger partial charge on any atom is -0.324 e. The predicted molar refractivity (Wildman–Crippen MR) is 40.8 cm³/mol. The van der Waals surface area contributed by atoms with Gasteiger partial charge in [0.25, 0.3) is 0 Å². The van der Waals surface area contributed by atoms with Crippen LogP contribution in [0.25, 0.3) is 0 Å². The number of hydrogen-bond acceptors (Lipinski definition) is 5. The van der Waals surface area contributed by atoms with E-state index in [0.29, 0.717) is 0 Å². The van der Waals surface area contributed by atoms with E-state index in [1.165, 1.54) is 0 Å². The molecule has 0 amide bonds. The van der Waals surface area contributed by atoms with Gasteiger partial charge in [0.2, 0.25) is 0 Å². The van der Waals surface area contributed by atoms with Gasteiger partial charge in [0, 0.05) is 4.57 Å². The molecule has 0 heterocycles. The fourth-order valence-corrected chi connectivity index (χ4v) is 1.06. The van der Waals surface area contributed by atoms with Crippen LogP contribution in [-0.2, 0) is 18.4 Å². The zero-order valence-electron chi connectivity index (χ0n) is 6.28. The van der Waals surface area contributed by atoms with E-state index < -0.39 is 34.7 Å². The normalized spacial score (nSPS) is 12.4. The van der Waals surface area contributed by atoms with E-state index in [1.807, 2.05) is 0 Å². The van der Waals surface area contributed by atoms with Gasteiger partial charge in [0.15, 0.2) is 0 Å². The van der Waals surface area contributed by atoms with Gasteiger partial charge >= 0.3 is 21.8 Å². The Labute approximate surface area is 74.0 Å². The van der Waals surface area contributed by atoms with Gasteiger partial charge in [-0.2, -0.15) is 4.52 Å². The monoisotopic (exact) mass is 232 g/mol. The molecule has 1 atom stereocenters. The Balaban J connectivity index is 3.60. The van der Waals surface area contributed by atoms with Gasteiger partial charge in [-0.3, -0.25) is 9.88 Å². The van der Waals surface area contributed by atoms with Gasteiger partial charge in [0.05, 0.1) is 6.29 Å². The molecule has 0 saturated carbocycles. The number of rotatable bonds is 5. The van der Waals surface area contributed by atoms with E-state index in [1.54, 1.807) is 0 Å². The molecule has 0 fully saturated rings. The molecule has 0 spiro atoms. The summed E-state index contributed by atoms with van der Waals surface area (Å²) in [5.74, 6) is -1.06. The Morgan fingerprint density at radius 3 is 2.46 bits per heavy atom. The first-order valence-electron chi connectivity index (χ1n) is 2.93. The van der Waals surface area contributed by atoms with E-state index in [2.05, 4.69) is 9.84 Å². The molecule has 4 N–H and O–H groups in total. The molecule has 0 radical (unpaired) electrons. The first kappa shape index (κ1) is 12.6. The molecule has 0 aliphatic rings. The molecule has 0 aromatic carbocycles. The summed E-state index contributed by atoms with van der Waals surface area (Å²) in [6, 6.07) is 0. The summed E-state index contributed by atoms with van der Waals surface area (Å²) in [5.41, 5.74) is 0. The number of nitrogens with one attached hydrogen (secondary N) is 1. The number of carbonyl (C=O) groups is 1. The lowest BCUT2D eigenvalue weighted by Crippen LogP contribution is -2.24. The standard InChI is InChI=1S/C3H7NO7P2/c5-3(11-12(6)7)1-4-2-13(8,9)10/h4H,1-2H2,(H2-,6,7,8,9,10)/p+1. The smallest absolute Gasteiger partial charge is 0.324 e. The summed E-state index contributed by atoms with van der Waals surface area (Å²) in [7, 11) is -7.23. The molecule has 13 heavy (non-hydrogen) atoms. The first-order chi connectivity index (χ1) is 5.81. The van der Waals surface area contributed by atoms with E-state index in [9.17, 15) is 13.9 Å². The van der Waals surface area contributed by atoms with Crippen molar-refractivity contribution in [3.63, 3.8) is 0 Å². The van der Waals surface area contributed by atoms with Gasteiger partial charge in [-0.15, -0.1) is 4.89 Å². The topological polar surface area (TPSA) is 133 Å². The maximum atomic E-state index is 10.5. The summed E-state index contributed by atoms with van der Waals surface area (Å²) < 4.78 is 23.9. The molecule has 0 aliphatic heterocycles. The van der Waals surface area contributed by atoms with E-state index in [0.717, 1.165) is 0 Å². The molecule has 0 rings (SSSR count). The van der Waals surface area contributed by atoms with Crippen molar-refractivity contribution in [1.82, 2.24) is 5.32 Å². The summed E-state index contributed by atoms with van der Waals surface area (Å²) >= 11 is 0. The highest BCUT2D eigenvalue weighted by Gasteiger charge is 2.20. The van der Waals surface area contributed by atoms with E-state index >= 15 is 0 Å². The van der Waals surface area contributed by atoms with Crippen molar-refractivity contribution in [3.05, 3.63) is 0 Å². The average molecular weight is 232 g/mol. The van der Waals surface area contributed by atoms with Crippen LogP contribution in [0.1, 0.15) is 0 Å². The largest absolute Gasteiger partial charge is 0.750 e. The molecule has 8 nitrogen and oxygen atoms in total. The lowest BCUT2D eigenvalue weighted by molar-refractivity contribution is -0.133. The van der Waals surface area contributed by atoms with Crippen LogP contribution in [0.3, 0.4) is 0 Å². The van der Waals surface area contributed by atoms with Crippen molar-refractivity contribution >= 4 is 21.8 Å². The lowest BCUT2D eigenvalue weighted by atomic mass is 10.7. The maximum Gasteiger partial charge on any atom is 0.750 e. The first-order valence-corrected chi connectivity index (χ1v) is 5.86. The van der Waals surface area contributed by atoms with Crippen molar-refractivity contribution in [2.24, 2.45) is 0 Å². The van der Waals surface area contributed by atoms with Crippen LogP contribution in [0, 0.1) is 0 Å². The van der Waals surface area contributed by atoms with Crippen molar-refractivity contribution < 1.29 is 33.1 Å².